The number of anilines is 1. The summed E-state index contributed by atoms with van der Waals surface area (Å²) in [4.78, 5) is 2.39. The fraction of sp³-hybridized carbons (Fsp3) is 0.571. The van der Waals surface area contributed by atoms with Crippen molar-refractivity contribution in [3.05, 3.63) is 29.6 Å². The largest absolute Gasteiger partial charge is 0.369 e. The zero-order chi connectivity index (χ0) is 12.4. The summed E-state index contributed by atoms with van der Waals surface area (Å²) in [6, 6.07) is 5.87. The minimum atomic E-state index is -0.155. The van der Waals surface area contributed by atoms with Crippen molar-refractivity contribution in [3.8, 4) is 0 Å². The number of hydrogen-bond acceptors (Lipinski definition) is 2. The van der Waals surface area contributed by atoms with Crippen LogP contribution in [0.1, 0.15) is 38.3 Å². The second kappa shape index (κ2) is 5.05. The highest BCUT2D eigenvalue weighted by Gasteiger charge is 2.24. The van der Waals surface area contributed by atoms with Crippen molar-refractivity contribution in [2.24, 2.45) is 0 Å². The van der Waals surface area contributed by atoms with Crippen LogP contribution in [0.2, 0.25) is 0 Å². The van der Waals surface area contributed by atoms with Crippen LogP contribution < -0.4 is 10.2 Å². The summed E-state index contributed by atoms with van der Waals surface area (Å²) in [5.74, 6) is -0.155. The lowest BCUT2D eigenvalue weighted by atomic mass is 10.0. The monoisotopic (exact) mass is 236 g/mol. The summed E-state index contributed by atoms with van der Waals surface area (Å²) in [6.07, 6.45) is 2.46. The molecule has 17 heavy (non-hydrogen) atoms. The van der Waals surface area contributed by atoms with Gasteiger partial charge in [-0.3, -0.25) is 0 Å². The molecule has 1 N–H and O–H groups in total. The van der Waals surface area contributed by atoms with Gasteiger partial charge in [0.25, 0.3) is 0 Å². The molecule has 94 valence electrons. The molecule has 0 bridgehead atoms. The Morgan fingerprint density at radius 3 is 2.82 bits per heavy atom. The first-order valence-electron chi connectivity index (χ1n) is 6.37. The first-order chi connectivity index (χ1) is 8.13. The van der Waals surface area contributed by atoms with E-state index in [1.54, 1.807) is 12.1 Å². The van der Waals surface area contributed by atoms with Crippen molar-refractivity contribution >= 4 is 5.69 Å². The van der Waals surface area contributed by atoms with Gasteiger partial charge < -0.3 is 10.2 Å². The fourth-order valence-electron chi connectivity index (χ4n) is 2.58. The smallest absolute Gasteiger partial charge is 0.123 e. The molecule has 3 heteroatoms. The van der Waals surface area contributed by atoms with Crippen molar-refractivity contribution in [3.63, 3.8) is 0 Å². The standard InChI is InChI=1S/C14H21FN2/c1-10-5-4-8-17(10)14-7-6-12(15)9-13(14)11(2)16-3/h6-7,9-11,16H,4-5,8H2,1-3H3. The zero-order valence-electron chi connectivity index (χ0n) is 10.8. The first-order valence-corrected chi connectivity index (χ1v) is 6.37. The molecule has 1 aromatic carbocycles. The topological polar surface area (TPSA) is 15.3 Å². The quantitative estimate of drug-likeness (QED) is 0.867. The minimum absolute atomic E-state index is 0.155. The van der Waals surface area contributed by atoms with Gasteiger partial charge in [-0.25, -0.2) is 4.39 Å². The molecule has 0 radical (unpaired) electrons. The molecular weight excluding hydrogens is 215 g/mol. The number of benzene rings is 1. The number of nitrogens with one attached hydrogen (secondary N) is 1. The highest BCUT2D eigenvalue weighted by Crippen LogP contribution is 2.32. The van der Waals surface area contributed by atoms with Gasteiger partial charge in [-0.2, -0.15) is 0 Å². The minimum Gasteiger partial charge on any atom is -0.369 e. The predicted octanol–water partition coefficient (Wildman–Crippen LogP) is 3.09. The van der Waals surface area contributed by atoms with Crippen LogP contribution in [-0.4, -0.2) is 19.6 Å². The molecule has 1 saturated heterocycles. The molecule has 0 aromatic heterocycles. The van der Waals surface area contributed by atoms with Crippen LogP contribution in [0.3, 0.4) is 0 Å². The number of nitrogens with zero attached hydrogens (tertiary/aromatic N) is 1. The molecule has 2 atom stereocenters. The summed E-state index contributed by atoms with van der Waals surface area (Å²) in [7, 11) is 1.91. The van der Waals surface area contributed by atoms with Crippen LogP contribution in [0.5, 0.6) is 0 Å². The van der Waals surface area contributed by atoms with Gasteiger partial charge in [0.1, 0.15) is 5.82 Å². The first kappa shape index (κ1) is 12.4. The van der Waals surface area contributed by atoms with Gasteiger partial charge in [0, 0.05) is 24.3 Å². The highest BCUT2D eigenvalue weighted by molar-refractivity contribution is 5.56. The molecule has 0 amide bonds. The average molecular weight is 236 g/mol. The Kier molecular flexibility index (Phi) is 3.67. The molecule has 0 spiro atoms. The van der Waals surface area contributed by atoms with E-state index < -0.39 is 0 Å². The van der Waals surface area contributed by atoms with Gasteiger partial charge in [0.15, 0.2) is 0 Å². The van der Waals surface area contributed by atoms with Crippen molar-refractivity contribution < 1.29 is 4.39 Å². The Balaban J connectivity index is 2.38. The van der Waals surface area contributed by atoms with Crippen molar-refractivity contribution in [2.75, 3.05) is 18.5 Å². The van der Waals surface area contributed by atoms with E-state index in [0.29, 0.717) is 6.04 Å². The molecule has 1 aromatic rings. The summed E-state index contributed by atoms with van der Waals surface area (Å²) in [6.45, 7) is 5.39. The van der Waals surface area contributed by atoms with Crippen LogP contribution in [0.4, 0.5) is 10.1 Å². The van der Waals surface area contributed by atoms with Gasteiger partial charge in [-0.1, -0.05) is 0 Å². The molecular formula is C14H21FN2. The van der Waals surface area contributed by atoms with E-state index in [-0.39, 0.29) is 11.9 Å². The van der Waals surface area contributed by atoms with Gasteiger partial charge in [0.2, 0.25) is 0 Å². The van der Waals surface area contributed by atoms with Gasteiger partial charge >= 0.3 is 0 Å². The second-order valence-corrected chi connectivity index (χ2v) is 4.90. The Bertz CT molecular complexity index is 392. The fourth-order valence-corrected chi connectivity index (χ4v) is 2.58. The number of halogens is 1. The van der Waals surface area contributed by atoms with E-state index in [2.05, 4.69) is 24.1 Å². The van der Waals surface area contributed by atoms with E-state index in [1.807, 2.05) is 13.1 Å². The van der Waals surface area contributed by atoms with Gasteiger partial charge in [0.05, 0.1) is 0 Å². The normalized spacial score (nSPS) is 21.9. The van der Waals surface area contributed by atoms with Crippen molar-refractivity contribution in [1.29, 1.82) is 0 Å². The third-order valence-electron chi connectivity index (χ3n) is 3.75. The number of hydrogen-bond donors (Lipinski definition) is 1. The molecule has 1 heterocycles. The van der Waals surface area contributed by atoms with E-state index in [1.165, 1.54) is 18.5 Å². The van der Waals surface area contributed by atoms with E-state index in [0.717, 1.165) is 12.1 Å². The van der Waals surface area contributed by atoms with E-state index in [9.17, 15) is 4.39 Å². The lowest BCUT2D eigenvalue weighted by molar-refractivity contribution is 0.605. The highest BCUT2D eigenvalue weighted by atomic mass is 19.1. The Morgan fingerprint density at radius 1 is 1.47 bits per heavy atom. The maximum Gasteiger partial charge on any atom is 0.123 e. The molecule has 1 aliphatic heterocycles. The third kappa shape index (κ3) is 2.44. The maximum absolute atomic E-state index is 13.4. The van der Waals surface area contributed by atoms with E-state index in [4.69, 9.17) is 0 Å². The SMILES string of the molecule is CNC(C)c1cc(F)ccc1N1CCCC1C. The third-order valence-corrected chi connectivity index (χ3v) is 3.75. The van der Waals surface area contributed by atoms with Crippen LogP contribution in [0.25, 0.3) is 0 Å². The predicted molar refractivity (Wildman–Crippen MR) is 69.9 cm³/mol. The number of rotatable bonds is 3. The Morgan fingerprint density at radius 2 is 2.24 bits per heavy atom. The summed E-state index contributed by atoms with van der Waals surface area (Å²) in [5, 5.41) is 3.19. The van der Waals surface area contributed by atoms with Gasteiger partial charge in [-0.05, 0) is 57.5 Å². The Labute approximate surface area is 103 Å². The molecule has 2 unspecified atom stereocenters. The molecule has 2 nitrogen and oxygen atoms in total. The van der Waals surface area contributed by atoms with Crippen LogP contribution >= 0.6 is 0 Å². The Hall–Kier alpha value is -1.09. The summed E-state index contributed by atoms with van der Waals surface area (Å²) >= 11 is 0. The van der Waals surface area contributed by atoms with E-state index >= 15 is 0 Å². The zero-order valence-corrected chi connectivity index (χ0v) is 10.8. The molecule has 2 rings (SSSR count). The van der Waals surface area contributed by atoms with Crippen molar-refractivity contribution in [2.45, 2.75) is 38.8 Å². The van der Waals surface area contributed by atoms with Crippen LogP contribution in [0.15, 0.2) is 18.2 Å². The van der Waals surface area contributed by atoms with Crippen LogP contribution in [0, 0.1) is 5.82 Å². The molecule has 1 aliphatic rings. The second-order valence-electron chi connectivity index (χ2n) is 4.90. The summed E-state index contributed by atoms with van der Waals surface area (Å²) in [5.41, 5.74) is 2.24. The lowest BCUT2D eigenvalue weighted by Gasteiger charge is -2.28. The van der Waals surface area contributed by atoms with Gasteiger partial charge in [-0.15, -0.1) is 0 Å². The molecule has 1 fully saturated rings. The summed E-state index contributed by atoms with van der Waals surface area (Å²) < 4.78 is 13.4. The molecule has 0 aliphatic carbocycles. The van der Waals surface area contributed by atoms with Crippen molar-refractivity contribution in [1.82, 2.24) is 5.32 Å². The lowest BCUT2D eigenvalue weighted by Crippen LogP contribution is -2.28. The molecule has 0 saturated carbocycles. The average Bonchev–Trinajstić information content (AvgIpc) is 2.74. The maximum atomic E-state index is 13.4. The van der Waals surface area contributed by atoms with Crippen LogP contribution in [-0.2, 0) is 0 Å².